The molecule has 0 atom stereocenters. The van der Waals surface area contributed by atoms with E-state index in [1.807, 2.05) is 23.1 Å². The van der Waals surface area contributed by atoms with Crippen LogP contribution in [0.4, 0.5) is 5.69 Å². The lowest BCUT2D eigenvalue weighted by Crippen LogP contribution is -2.27. The lowest BCUT2D eigenvalue weighted by atomic mass is 10.1. The molecule has 0 aliphatic carbocycles. The normalized spacial score (nSPS) is 19.6. The zero-order valence-electron chi connectivity index (χ0n) is 9.97. The number of hydrogen-bond acceptors (Lipinski definition) is 4. The van der Waals surface area contributed by atoms with Crippen LogP contribution in [0.2, 0.25) is 0 Å². The van der Waals surface area contributed by atoms with Crippen LogP contribution in [-0.2, 0) is 16.4 Å². The summed E-state index contributed by atoms with van der Waals surface area (Å²) in [6.07, 6.45) is 0.639. The third kappa shape index (κ3) is 3.24. The van der Waals surface area contributed by atoms with E-state index in [-0.39, 0.29) is 18.1 Å². The van der Waals surface area contributed by atoms with Gasteiger partial charge in [-0.2, -0.15) is 0 Å². The molecule has 2 rings (SSSR count). The van der Waals surface area contributed by atoms with Crippen molar-refractivity contribution in [2.45, 2.75) is 13.0 Å². The first-order valence-electron chi connectivity index (χ1n) is 5.86. The number of aliphatic hydroxyl groups excluding tert-OH is 1. The number of anilines is 1. The van der Waals surface area contributed by atoms with Crippen molar-refractivity contribution < 1.29 is 13.5 Å². The van der Waals surface area contributed by atoms with Crippen LogP contribution in [0.15, 0.2) is 22.7 Å². The number of aliphatic hydroxyl groups is 1. The van der Waals surface area contributed by atoms with Crippen molar-refractivity contribution in [3.8, 4) is 0 Å². The number of hydrogen-bond donors (Lipinski definition) is 1. The van der Waals surface area contributed by atoms with E-state index in [0.717, 1.165) is 15.7 Å². The van der Waals surface area contributed by atoms with Gasteiger partial charge in [-0.25, -0.2) is 8.42 Å². The maximum Gasteiger partial charge on any atom is 0.152 e. The van der Waals surface area contributed by atoms with Crippen LogP contribution in [0.3, 0.4) is 0 Å². The van der Waals surface area contributed by atoms with Crippen molar-refractivity contribution >= 4 is 31.5 Å². The Balaban J connectivity index is 2.28. The summed E-state index contributed by atoms with van der Waals surface area (Å²) in [5, 5.41) is 9.35. The highest BCUT2D eigenvalue weighted by atomic mass is 79.9. The lowest BCUT2D eigenvalue weighted by Gasteiger charge is -2.24. The van der Waals surface area contributed by atoms with E-state index < -0.39 is 9.84 Å². The molecule has 0 bridgehead atoms. The Kier molecular flexibility index (Phi) is 4.29. The average molecular weight is 334 g/mol. The van der Waals surface area contributed by atoms with Gasteiger partial charge in [-0.1, -0.05) is 22.0 Å². The predicted molar refractivity (Wildman–Crippen MR) is 75.5 cm³/mol. The predicted octanol–water partition coefficient (Wildman–Crippen LogP) is 1.57. The summed E-state index contributed by atoms with van der Waals surface area (Å²) in [4.78, 5) is 2.04. The molecule has 1 saturated heterocycles. The number of sulfone groups is 1. The third-order valence-electron chi connectivity index (χ3n) is 3.11. The van der Waals surface area contributed by atoms with Gasteiger partial charge in [0, 0.05) is 28.8 Å². The fourth-order valence-corrected chi connectivity index (χ4v) is 3.77. The molecule has 1 heterocycles. The van der Waals surface area contributed by atoms with Gasteiger partial charge in [0.2, 0.25) is 0 Å². The van der Waals surface area contributed by atoms with E-state index in [1.54, 1.807) is 0 Å². The van der Waals surface area contributed by atoms with Crippen LogP contribution in [0.5, 0.6) is 0 Å². The standard InChI is InChI=1S/C12H16BrNO3S/c13-11-3-2-10(9-15)12(8-11)14-4-1-6-18(16,17)7-5-14/h2-3,8,15H,1,4-7,9H2. The summed E-state index contributed by atoms with van der Waals surface area (Å²) < 4.78 is 24.1. The van der Waals surface area contributed by atoms with Crippen molar-refractivity contribution in [1.29, 1.82) is 0 Å². The van der Waals surface area contributed by atoms with Gasteiger partial charge < -0.3 is 10.0 Å². The van der Waals surface area contributed by atoms with Gasteiger partial charge in [0.25, 0.3) is 0 Å². The van der Waals surface area contributed by atoms with E-state index in [9.17, 15) is 13.5 Å². The van der Waals surface area contributed by atoms with Gasteiger partial charge in [-0.05, 0) is 18.6 Å². The average Bonchev–Trinajstić information content (AvgIpc) is 2.50. The van der Waals surface area contributed by atoms with Gasteiger partial charge >= 0.3 is 0 Å². The molecular weight excluding hydrogens is 318 g/mol. The molecule has 6 heteroatoms. The molecule has 0 unspecified atom stereocenters. The van der Waals surface area contributed by atoms with Gasteiger partial charge in [0.05, 0.1) is 18.1 Å². The molecular formula is C12H16BrNO3S. The van der Waals surface area contributed by atoms with Gasteiger partial charge in [-0.3, -0.25) is 0 Å². The molecule has 18 heavy (non-hydrogen) atoms. The van der Waals surface area contributed by atoms with Crippen LogP contribution in [0.1, 0.15) is 12.0 Å². The first kappa shape index (κ1) is 13.8. The highest BCUT2D eigenvalue weighted by Crippen LogP contribution is 2.26. The SMILES string of the molecule is O=S1(=O)CCCN(c2cc(Br)ccc2CO)CC1. The number of nitrogens with zero attached hydrogens (tertiary/aromatic N) is 1. The van der Waals surface area contributed by atoms with Crippen LogP contribution in [0, 0.1) is 0 Å². The minimum atomic E-state index is -2.91. The molecule has 1 aliphatic heterocycles. The smallest absolute Gasteiger partial charge is 0.152 e. The number of benzene rings is 1. The van der Waals surface area contributed by atoms with Crippen LogP contribution in [-0.4, -0.2) is 38.1 Å². The molecule has 1 aromatic rings. The molecule has 0 radical (unpaired) electrons. The van der Waals surface area contributed by atoms with E-state index in [1.165, 1.54) is 0 Å². The molecule has 4 nitrogen and oxygen atoms in total. The maximum atomic E-state index is 11.6. The Morgan fingerprint density at radius 3 is 2.78 bits per heavy atom. The monoisotopic (exact) mass is 333 g/mol. The van der Waals surface area contributed by atoms with Crippen molar-refractivity contribution in [3.05, 3.63) is 28.2 Å². The number of halogens is 1. The number of rotatable bonds is 2. The Hall–Kier alpha value is -0.590. The summed E-state index contributed by atoms with van der Waals surface area (Å²) in [6.45, 7) is 1.17. The molecule has 0 saturated carbocycles. The topological polar surface area (TPSA) is 57.6 Å². The van der Waals surface area contributed by atoms with E-state index >= 15 is 0 Å². The summed E-state index contributed by atoms with van der Waals surface area (Å²) >= 11 is 3.41. The summed E-state index contributed by atoms with van der Waals surface area (Å²) in [6, 6.07) is 5.67. The molecule has 0 aromatic heterocycles. The Bertz CT molecular complexity index is 530. The molecule has 1 N–H and O–H groups in total. The molecule has 1 aliphatic rings. The van der Waals surface area contributed by atoms with Crippen molar-refractivity contribution in [2.24, 2.45) is 0 Å². The van der Waals surface area contributed by atoms with Crippen LogP contribution < -0.4 is 4.90 Å². The molecule has 0 spiro atoms. The molecule has 0 amide bonds. The Morgan fingerprint density at radius 2 is 2.06 bits per heavy atom. The summed E-state index contributed by atoms with van der Waals surface area (Å²) in [5.41, 5.74) is 1.75. The first-order chi connectivity index (χ1) is 8.52. The Morgan fingerprint density at radius 1 is 1.28 bits per heavy atom. The van der Waals surface area contributed by atoms with Crippen molar-refractivity contribution in [3.63, 3.8) is 0 Å². The zero-order chi connectivity index (χ0) is 13.2. The quantitative estimate of drug-likeness (QED) is 0.892. The molecule has 1 aromatic carbocycles. The second kappa shape index (κ2) is 5.59. The fraction of sp³-hybridized carbons (Fsp3) is 0.500. The minimum absolute atomic E-state index is 0.0358. The van der Waals surface area contributed by atoms with Gasteiger partial charge in [0.1, 0.15) is 0 Å². The van der Waals surface area contributed by atoms with Gasteiger partial charge in [-0.15, -0.1) is 0 Å². The van der Waals surface area contributed by atoms with Gasteiger partial charge in [0.15, 0.2) is 9.84 Å². The molecule has 1 fully saturated rings. The highest BCUT2D eigenvalue weighted by Gasteiger charge is 2.20. The Labute approximate surface area is 116 Å². The largest absolute Gasteiger partial charge is 0.392 e. The zero-order valence-corrected chi connectivity index (χ0v) is 12.4. The summed E-state index contributed by atoms with van der Waals surface area (Å²) in [5.74, 6) is 0.441. The third-order valence-corrected chi connectivity index (χ3v) is 5.32. The minimum Gasteiger partial charge on any atom is -0.392 e. The van der Waals surface area contributed by atoms with Crippen molar-refractivity contribution in [2.75, 3.05) is 29.5 Å². The fourth-order valence-electron chi connectivity index (χ4n) is 2.14. The maximum absolute atomic E-state index is 11.6. The highest BCUT2D eigenvalue weighted by molar-refractivity contribution is 9.10. The first-order valence-corrected chi connectivity index (χ1v) is 8.48. The second-order valence-corrected chi connectivity index (χ2v) is 7.64. The molecule has 100 valence electrons. The second-order valence-electron chi connectivity index (χ2n) is 4.42. The van der Waals surface area contributed by atoms with Crippen molar-refractivity contribution in [1.82, 2.24) is 0 Å². The summed E-state index contributed by atoms with van der Waals surface area (Å²) in [7, 11) is -2.91. The van der Waals surface area contributed by atoms with E-state index in [0.29, 0.717) is 19.5 Å². The van der Waals surface area contributed by atoms with Crippen LogP contribution >= 0.6 is 15.9 Å². The van der Waals surface area contributed by atoms with Crippen LogP contribution in [0.25, 0.3) is 0 Å². The lowest BCUT2D eigenvalue weighted by molar-refractivity contribution is 0.282. The van der Waals surface area contributed by atoms with E-state index in [2.05, 4.69) is 15.9 Å². The van der Waals surface area contributed by atoms with E-state index in [4.69, 9.17) is 0 Å².